The molecule has 3 aromatic rings. The molecule has 3 atom stereocenters. The van der Waals surface area contributed by atoms with Gasteiger partial charge in [0.15, 0.2) is 5.66 Å². The molecule has 0 heterocycles. The monoisotopic (exact) mass is 1500 g/mol. The van der Waals surface area contributed by atoms with E-state index in [1.54, 1.807) is 137 Å². The summed E-state index contributed by atoms with van der Waals surface area (Å²) in [4.78, 5) is 88.7. The van der Waals surface area contributed by atoms with Gasteiger partial charge in [-0.3, -0.25) is 18.9 Å². The molecule has 0 bridgehead atoms. The third-order valence-electron chi connectivity index (χ3n) is 13.3. The maximum Gasteiger partial charge on any atom is 1.00 e. The molecule has 100 heavy (non-hydrogen) atoms. The predicted molar refractivity (Wildman–Crippen MR) is 402 cm³/mol. The number of carbonyl (C=O) groups is 8. The summed E-state index contributed by atoms with van der Waals surface area (Å²) in [6.45, 7) is 33.5. The number of carboxylic acids is 2. The summed E-state index contributed by atoms with van der Waals surface area (Å²) in [5, 5.41) is 24.6. The number of ether oxygens (including phenoxy) is 4. The third-order valence-corrected chi connectivity index (χ3v) is 21.1. The van der Waals surface area contributed by atoms with Crippen LogP contribution in [0, 0.1) is 0 Å². The first-order chi connectivity index (χ1) is 46.0. The van der Waals surface area contributed by atoms with Crippen LogP contribution >= 0.6 is 31.6 Å². The number of allylic oxidation sites excluding steroid dienone is 22. The smallest absolute Gasteiger partial charge is 0.545 e. The minimum atomic E-state index is -2.87. The molecule has 534 valence electrons. The molecule has 16 nitrogen and oxygen atoms in total. The van der Waals surface area contributed by atoms with Crippen LogP contribution in [0.4, 0.5) is 0 Å². The van der Waals surface area contributed by atoms with Crippen LogP contribution in [0.3, 0.4) is 0 Å². The van der Waals surface area contributed by atoms with E-state index in [1.165, 1.54) is 41.9 Å². The van der Waals surface area contributed by atoms with Crippen molar-refractivity contribution in [2.24, 2.45) is 0 Å². The van der Waals surface area contributed by atoms with Gasteiger partial charge in [-0.15, -0.1) is 17.0 Å². The van der Waals surface area contributed by atoms with Crippen molar-refractivity contribution >= 4 is 95.9 Å². The standard InChI is InChI=1S/C23H24O2P.C20H28O4.C16H20O4.C10H21O4P.C10H12O2.BrH.2Na/c1-3-25-23(24)19(2)26(20-13-7-4-8-14-20,21-15-9-5-10-16-21)22-17-11-6-12-18-22;1-7-23-19(21)17(5)13-15(3)11-9-10-12-16(4)14-18(6)20(22)24-8-2;1-11(9-13(3)15(17)18)7-5-6-8-12(2)10-14(4)16(19)20;1-5-8-15(12,14-7-3)9(4)10(11)13-6-2;1-9(7-11)5-3-4-6-10(2)8-12;;;/h4-19H,3H2,1-2H3;9-14H,7-8H2,1-6H3;5-10H,1-4H3,(H,17,18)(H,19,20);9H,5-8H2,1-4H3;3-8H,1-2H3;1H;;/q+1;;;;;;2*+1/p-2/b;10-9+,15-11+,16-12+,17-13+,18-14+;6-5+,11-7+,12-8+,13-9+,14-10+;;4-3+,9-5+,10-6+;;;. The van der Waals surface area contributed by atoms with Crippen molar-refractivity contribution in [3.8, 4) is 0 Å². The van der Waals surface area contributed by atoms with Crippen molar-refractivity contribution in [1.29, 1.82) is 0 Å². The largest absolute Gasteiger partial charge is 1.00 e. The second kappa shape index (κ2) is 60.2. The number of rotatable bonds is 31. The van der Waals surface area contributed by atoms with Crippen LogP contribution in [0.25, 0.3) is 0 Å². The summed E-state index contributed by atoms with van der Waals surface area (Å²) in [5.74, 6) is -3.56. The Bertz CT molecular complexity index is 3230. The summed E-state index contributed by atoms with van der Waals surface area (Å²) < 4.78 is 37.7. The average Bonchev–Trinajstić information content (AvgIpc) is 0.741. The van der Waals surface area contributed by atoms with Gasteiger partial charge in [0.25, 0.3) is 0 Å². The molecule has 0 aromatic heterocycles. The second-order valence-corrected chi connectivity index (χ2v) is 28.3. The molecule has 0 amide bonds. The fourth-order valence-electron chi connectivity index (χ4n) is 8.46. The normalized spacial score (nSPS) is 13.7. The van der Waals surface area contributed by atoms with Crippen LogP contribution in [0.5, 0.6) is 0 Å². The Morgan fingerprint density at radius 1 is 0.420 bits per heavy atom. The van der Waals surface area contributed by atoms with Crippen LogP contribution in [-0.4, -0.2) is 98.9 Å². The van der Waals surface area contributed by atoms with Crippen LogP contribution in [-0.2, 0) is 66.4 Å². The number of benzene rings is 3. The molecule has 0 radical (unpaired) electrons. The molecule has 0 aliphatic heterocycles. The molecule has 3 aromatic carbocycles. The molecule has 3 unspecified atom stereocenters. The summed E-state index contributed by atoms with van der Waals surface area (Å²) >= 11 is 0. The first-order valence-corrected chi connectivity index (χ1v) is 35.8. The summed E-state index contributed by atoms with van der Waals surface area (Å²) in [6, 6.07) is 31.2. The number of halogens is 1. The van der Waals surface area contributed by atoms with Crippen molar-refractivity contribution in [3.05, 3.63) is 244 Å². The predicted octanol–water partition coefficient (Wildman–Crippen LogP) is 8.30. The van der Waals surface area contributed by atoms with Gasteiger partial charge in [0.2, 0.25) is 7.37 Å². The van der Waals surface area contributed by atoms with Gasteiger partial charge in [0, 0.05) is 17.3 Å². The first-order valence-electron chi connectivity index (χ1n) is 32.1. The van der Waals surface area contributed by atoms with Gasteiger partial charge in [-0.1, -0.05) is 169 Å². The Hall–Kier alpha value is -6.46. The molecule has 0 N–H and O–H groups in total. The van der Waals surface area contributed by atoms with E-state index < -0.39 is 38.2 Å². The zero-order valence-electron chi connectivity index (χ0n) is 62.5. The summed E-state index contributed by atoms with van der Waals surface area (Å²) in [7, 11) is -5.08. The van der Waals surface area contributed by atoms with Crippen molar-refractivity contribution in [1.82, 2.24) is 0 Å². The average molecular weight is 1500 g/mol. The molecular weight excluding hydrogens is 1390 g/mol. The molecule has 0 fully saturated rings. The van der Waals surface area contributed by atoms with Gasteiger partial charge < -0.3 is 43.3 Å². The maximum absolute atomic E-state index is 12.9. The number of carbonyl (C=O) groups excluding carboxylic acids is 8. The second-order valence-electron chi connectivity index (χ2n) is 21.6. The van der Waals surface area contributed by atoms with E-state index >= 15 is 0 Å². The number of hydrogen-bond acceptors (Lipinski definition) is 16. The molecule has 0 saturated heterocycles. The van der Waals surface area contributed by atoms with Gasteiger partial charge in [0.1, 0.15) is 41.4 Å². The molecule has 0 aliphatic rings. The minimum absolute atomic E-state index is 0. The van der Waals surface area contributed by atoms with Gasteiger partial charge in [-0.05, 0) is 195 Å². The van der Waals surface area contributed by atoms with Crippen LogP contribution < -0.4 is 85.2 Å². The SMILES string of the molecule is Br.CC(=C\C=C\C=C(C)\C=C(/C)C(=O)[O-])/C=C(\C)C(=O)[O-].CCCP(=O)(OCC)C(C)C(=O)OCC.CCOC(=O)/C(C)=C/C(C)=C/C=C/C=C(C)/C=C(\C)C(=O)OCC.CCOC(=O)C(C)[P+](c1ccccc1)(c1ccccc1)c1ccccc1.C\C(C=O)=C/C=C/C=C(\C)C=O.[Na+].[Na+]. The molecule has 3 rings (SSSR count). The Labute approximate surface area is 651 Å². The molecule has 0 saturated carbocycles. The summed E-state index contributed by atoms with van der Waals surface area (Å²) in [5.41, 5.74) is 5.28. The quantitative estimate of drug-likeness (QED) is 0.0112. The van der Waals surface area contributed by atoms with Crippen molar-refractivity contribution in [2.45, 2.75) is 142 Å². The Balaban J connectivity index is -0.000000383. The number of aliphatic carboxylic acids is 2. The molecule has 0 spiro atoms. The summed E-state index contributed by atoms with van der Waals surface area (Å²) in [6.07, 6.45) is 30.6. The van der Waals surface area contributed by atoms with Crippen molar-refractivity contribution < 1.29 is 136 Å². The van der Waals surface area contributed by atoms with Crippen LogP contribution in [0.1, 0.15) is 131 Å². The van der Waals surface area contributed by atoms with E-state index in [4.69, 9.17) is 23.5 Å². The number of esters is 4. The van der Waals surface area contributed by atoms with E-state index in [0.717, 1.165) is 41.3 Å². The first kappa shape index (κ1) is 102. The van der Waals surface area contributed by atoms with Crippen molar-refractivity contribution in [3.63, 3.8) is 0 Å². The van der Waals surface area contributed by atoms with Crippen LogP contribution in [0.2, 0.25) is 0 Å². The van der Waals surface area contributed by atoms with E-state index in [1.807, 2.05) is 114 Å². The Morgan fingerprint density at radius 2 is 0.690 bits per heavy atom. The fraction of sp³-hybridized carbons (Fsp3) is 0.342. The van der Waals surface area contributed by atoms with E-state index in [-0.39, 0.29) is 111 Å². The third kappa shape index (κ3) is 42.7. The van der Waals surface area contributed by atoms with E-state index in [0.29, 0.717) is 61.5 Å². The van der Waals surface area contributed by atoms with Crippen LogP contribution in [0.15, 0.2) is 244 Å². The van der Waals surface area contributed by atoms with Gasteiger partial charge >= 0.3 is 83.0 Å². The number of hydrogen-bond donors (Lipinski definition) is 0. The Morgan fingerprint density at radius 3 is 0.940 bits per heavy atom. The minimum Gasteiger partial charge on any atom is -0.545 e. The number of aldehydes is 2. The van der Waals surface area contributed by atoms with E-state index in [2.05, 4.69) is 36.4 Å². The Kier molecular flexibility index (Phi) is 61.5. The zero-order valence-corrected chi connectivity index (χ0v) is 70.0. The van der Waals surface area contributed by atoms with Gasteiger partial charge in [0.05, 0.1) is 45.0 Å². The maximum atomic E-state index is 12.9. The molecule has 0 aliphatic carbocycles. The van der Waals surface area contributed by atoms with Gasteiger partial charge in [-0.2, -0.15) is 0 Å². The van der Waals surface area contributed by atoms with Crippen molar-refractivity contribution in [2.75, 3.05) is 39.2 Å². The number of carboxylic acid groups (broad SMARTS) is 2. The molecule has 21 heteroatoms. The fourth-order valence-corrected chi connectivity index (χ4v) is 15.2. The topological polar surface area (TPSA) is 246 Å². The molecular formula is C79H104BrNa2O16P2+. The van der Waals surface area contributed by atoms with Gasteiger partial charge in [-0.25, -0.2) is 14.4 Å². The van der Waals surface area contributed by atoms with E-state index in [9.17, 15) is 53.1 Å². The zero-order chi connectivity index (χ0) is 73.9.